The lowest BCUT2D eigenvalue weighted by molar-refractivity contribution is 0.178. The maximum atomic E-state index is 11.0. The predicted molar refractivity (Wildman–Crippen MR) is 35.5 cm³/mol. The fourth-order valence-electron chi connectivity index (χ4n) is 0.401. The average Bonchev–Trinajstić information content (AvgIpc) is 2.11. The highest BCUT2D eigenvalue weighted by atomic mass is 16.5. The number of hydrogen-bond acceptors (Lipinski definition) is 1. The number of hydroxylamine groups is 1. The van der Waals surface area contributed by atoms with Crippen LogP contribution in [0.2, 0.25) is 0 Å². The molecule has 0 atom stereocenters. The Bertz CT molecular complexity index is 350. The first-order valence-electron chi connectivity index (χ1n) is 4.85. The van der Waals surface area contributed by atoms with Gasteiger partial charge in [0.15, 0.2) is 0 Å². The smallest absolute Gasteiger partial charge is 0.0664 e. The van der Waals surface area contributed by atoms with E-state index in [1.54, 1.807) is 0 Å². The monoisotopic (exact) mass is 128 g/mol. The van der Waals surface area contributed by atoms with Crippen molar-refractivity contribution in [3.8, 4) is 0 Å². The molecule has 0 amide bonds. The van der Waals surface area contributed by atoms with Crippen LogP contribution in [0.3, 0.4) is 0 Å². The third kappa shape index (κ3) is 1.44. The van der Waals surface area contributed by atoms with Crippen molar-refractivity contribution < 1.29 is 12.1 Å². The molecular weight excluding hydrogens is 115 g/mol. The molecule has 0 heterocycles. The number of hydrogen-bond donors (Lipinski definition) is 0. The molecule has 0 fully saturated rings. The quantitative estimate of drug-likeness (QED) is 0.415. The van der Waals surface area contributed by atoms with Crippen LogP contribution in [-0.4, -0.2) is 7.05 Å². The average molecular weight is 128 g/mol. The molecule has 0 aliphatic rings. The molecule has 1 aromatic rings. The van der Waals surface area contributed by atoms with Gasteiger partial charge in [-0.3, -0.25) is 0 Å². The number of anilines is 1. The van der Waals surface area contributed by atoms with Gasteiger partial charge in [-0.15, -0.1) is 0 Å². The van der Waals surface area contributed by atoms with Crippen molar-refractivity contribution in [1.82, 2.24) is 0 Å². The Kier molecular flexibility index (Phi) is 0.643. The van der Waals surface area contributed by atoms with Crippen molar-refractivity contribution in [2.75, 3.05) is 12.1 Å². The molecule has 0 saturated heterocycles. The molecule has 1 rings (SSSR count). The molecule has 1 aromatic carbocycles. The highest BCUT2D eigenvalue weighted by Gasteiger charge is 1.91. The van der Waals surface area contributed by atoms with Crippen LogP contribution >= 0.6 is 0 Å². The molecule has 9 heavy (non-hydrogen) atoms. The summed E-state index contributed by atoms with van der Waals surface area (Å²) in [6.45, 7) is 0. The highest BCUT2D eigenvalue weighted by molar-refractivity contribution is 5.41. The largest absolute Gasteiger partial charge is 0.223 e. The maximum Gasteiger partial charge on any atom is 0.0664 e. The first-order valence-corrected chi connectivity index (χ1v) is 2.35. The molecule has 2 nitrogen and oxygen atoms in total. The van der Waals surface area contributed by atoms with E-state index in [0.717, 1.165) is 7.05 Å². The molecule has 1 radical (unpaired) electrons. The Morgan fingerprint density at radius 1 is 1.44 bits per heavy atom. The van der Waals surface area contributed by atoms with Gasteiger partial charge in [0.25, 0.3) is 0 Å². The van der Waals surface area contributed by atoms with Gasteiger partial charge in [-0.25, -0.2) is 5.06 Å². The predicted octanol–water partition coefficient (Wildman–Crippen LogP) is 1.47. The summed E-state index contributed by atoms with van der Waals surface area (Å²) >= 11 is 0. The second-order valence-electron chi connectivity index (χ2n) is 1.47. The van der Waals surface area contributed by atoms with E-state index >= 15 is 0 Å². The van der Waals surface area contributed by atoms with Crippen LogP contribution in [0.1, 0.15) is 6.85 Å². The van der Waals surface area contributed by atoms with Gasteiger partial charge in [-0.1, -0.05) is 23.3 Å². The van der Waals surface area contributed by atoms with Crippen LogP contribution in [0.4, 0.5) is 5.69 Å². The maximum absolute atomic E-state index is 11.0. The third-order valence-electron chi connectivity index (χ3n) is 0.802. The van der Waals surface area contributed by atoms with Gasteiger partial charge in [-0.05, 0) is 12.1 Å². The first-order chi connectivity index (χ1) is 6.37. The van der Waals surface area contributed by atoms with Gasteiger partial charge >= 0.3 is 0 Å². The Balaban J connectivity index is 3.60. The Labute approximate surface area is 61.3 Å². The van der Waals surface area contributed by atoms with Crippen LogP contribution < -0.4 is 5.06 Å². The molecule has 0 aromatic heterocycles. The van der Waals surface area contributed by atoms with Gasteiger partial charge in [0.1, 0.15) is 0 Å². The zero-order valence-electron chi connectivity index (χ0n) is 9.86. The molecule has 2 heteroatoms. The molecule has 0 N–H and O–H groups in total. The number of benzene rings is 1. The lowest BCUT2D eigenvalue weighted by atomic mass is 10.3. The van der Waals surface area contributed by atoms with Crippen molar-refractivity contribution in [1.29, 1.82) is 0 Å². The van der Waals surface area contributed by atoms with Gasteiger partial charge in [0, 0.05) is 7.05 Å². The summed E-state index contributed by atoms with van der Waals surface area (Å²) in [5.74, 6) is 0. The summed E-state index contributed by atoms with van der Waals surface area (Å²) in [7, 11) is 1.09. The van der Waals surface area contributed by atoms with Crippen LogP contribution in [0, 0.1) is 0 Å². The van der Waals surface area contributed by atoms with Crippen molar-refractivity contribution in [2.24, 2.45) is 0 Å². The normalized spacial score (nSPS) is 16.9. The van der Waals surface area contributed by atoms with E-state index in [1.165, 1.54) is 0 Å². The molecule has 0 aliphatic heterocycles. The van der Waals surface area contributed by atoms with E-state index in [9.17, 15) is 5.21 Å². The van der Waals surface area contributed by atoms with E-state index in [-0.39, 0.29) is 10.8 Å². The van der Waals surface area contributed by atoms with Crippen LogP contribution in [0.5, 0.6) is 0 Å². The summed E-state index contributed by atoms with van der Waals surface area (Å²) in [5, 5.41) is 11.2. The SMILES string of the molecule is [2H]c1c([2H])c([2H])c(N([13CH3])[O])c([2H])c1[2H]. The van der Waals surface area contributed by atoms with E-state index in [4.69, 9.17) is 6.85 Å². The molecule has 0 aliphatic carbocycles. The van der Waals surface area contributed by atoms with Crippen molar-refractivity contribution >= 4 is 5.69 Å². The van der Waals surface area contributed by atoms with E-state index in [1.807, 2.05) is 0 Å². The fourth-order valence-corrected chi connectivity index (χ4v) is 0.401. The standard InChI is InChI=1S/C7H8NO/c1-8(9)7-5-3-2-4-6-7/h2-6H,1H3/i1+1,2D,3D,4D,5D,6D. The topological polar surface area (TPSA) is 23.1 Å². The Morgan fingerprint density at radius 3 is 2.44 bits per heavy atom. The second-order valence-corrected chi connectivity index (χ2v) is 1.47. The molecular formula is C7H8NO. The first kappa shape index (κ1) is 2.31. The van der Waals surface area contributed by atoms with Gasteiger partial charge in [0.2, 0.25) is 0 Å². The minimum absolute atomic E-state index is 0.264. The summed E-state index contributed by atoms with van der Waals surface area (Å²) < 4.78 is 36.5. The minimum Gasteiger partial charge on any atom is -0.223 e. The summed E-state index contributed by atoms with van der Waals surface area (Å²) in [6, 6.07) is -2.44. The van der Waals surface area contributed by atoms with Crippen LogP contribution in [0.25, 0.3) is 0 Å². The molecule has 47 valence electrons. The summed E-state index contributed by atoms with van der Waals surface area (Å²) in [4.78, 5) is 0. The van der Waals surface area contributed by atoms with Crippen LogP contribution in [0.15, 0.2) is 30.2 Å². The van der Waals surface area contributed by atoms with E-state index in [2.05, 4.69) is 0 Å². The van der Waals surface area contributed by atoms with Crippen molar-refractivity contribution in [3.63, 3.8) is 0 Å². The zero-order valence-corrected chi connectivity index (χ0v) is 4.86. The zero-order chi connectivity index (χ0) is 11.0. The summed E-state index contributed by atoms with van der Waals surface area (Å²) in [6.07, 6.45) is 0. The fraction of sp³-hybridized carbons (Fsp3) is 0.143. The van der Waals surface area contributed by atoms with Crippen molar-refractivity contribution in [3.05, 3.63) is 30.2 Å². The molecule has 0 unspecified atom stereocenters. The lowest BCUT2D eigenvalue weighted by Gasteiger charge is -2.04. The minimum atomic E-state index is -0.497. The van der Waals surface area contributed by atoms with Crippen LogP contribution in [-0.2, 0) is 5.21 Å². The Morgan fingerprint density at radius 2 is 2.00 bits per heavy atom. The highest BCUT2D eigenvalue weighted by Crippen LogP contribution is 2.07. The summed E-state index contributed by atoms with van der Waals surface area (Å²) in [5.41, 5.74) is -0.337. The van der Waals surface area contributed by atoms with Gasteiger partial charge < -0.3 is 0 Å². The number of para-hydroxylation sites is 1. The number of nitrogens with zero attached hydrogens (tertiary/aromatic N) is 1. The van der Waals surface area contributed by atoms with Gasteiger partial charge in [0.05, 0.1) is 12.5 Å². The van der Waals surface area contributed by atoms with Gasteiger partial charge in [-0.2, -0.15) is 0 Å². The second kappa shape index (κ2) is 2.51. The molecule has 0 bridgehead atoms. The number of rotatable bonds is 1. The Hall–Kier alpha value is -1.02. The lowest BCUT2D eigenvalue weighted by Crippen LogP contribution is -2.06. The third-order valence-corrected chi connectivity index (χ3v) is 0.802. The van der Waals surface area contributed by atoms with E-state index in [0.29, 0.717) is 0 Å². The molecule has 0 saturated carbocycles. The molecule has 0 spiro atoms. The van der Waals surface area contributed by atoms with E-state index < -0.39 is 30.2 Å². The van der Waals surface area contributed by atoms with Crippen molar-refractivity contribution in [2.45, 2.75) is 0 Å².